The van der Waals surface area contributed by atoms with Crippen LogP contribution in [0.1, 0.15) is 31.3 Å². The van der Waals surface area contributed by atoms with Crippen molar-refractivity contribution in [3.8, 4) is 11.4 Å². The van der Waals surface area contributed by atoms with Gasteiger partial charge in [-0.15, -0.1) is 0 Å². The predicted octanol–water partition coefficient (Wildman–Crippen LogP) is 4.33. The molecule has 0 spiro atoms. The summed E-state index contributed by atoms with van der Waals surface area (Å²) >= 11 is 0. The van der Waals surface area contributed by atoms with E-state index in [1.165, 1.54) is 0 Å². The molecule has 0 saturated carbocycles. The molecule has 0 bridgehead atoms. The lowest BCUT2D eigenvalue weighted by Crippen LogP contribution is -2.07. The molecule has 9 heteroatoms. The van der Waals surface area contributed by atoms with Crippen LogP contribution in [0.2, 0.25) is 0 Å². The highest BCUT2D eigenvalue weighted by atomic mass is 33.1. The fraction of sp³-hybridized carbons (Fsp3) is 0.316. The van der Waals surface area contributed by atoms with Gasteiger partial charge in [0.05, 0.1) is 22.5 Å². The van der Waals surface area contributed by atoms with Crippen molar-refractivity contribution in [1.29, 1.82) is 0 Å². The van der Waals surface area contributed by atoms with Crippen molar-refractivity contribution in [3.63, 3.8) is 0 Å². The van der Waals surface area contributed by atoms with Crippen molar-refractivity contribution in [2.75, 3.05) is 11.6 Å². The maximum absolute atomic E-state index is 12.0. The van der Waals surface area contributed by atoms with Crippen LogP contribution in [0.15, 0.2) is 41.6 Å². The third-order valence-electron chi connectivity index (χ3n) is 4.37. The van der Waals surface area contributed by atoms with Crippen molar-refractivity contribution in [2.45, 2.75) is 38.6 Å². The first kappa shape index (κ1) is 20.3. The van der Waals surface area contributed by atoms with E-state index in [1.807, 2.05) is 26.1 Å². The van der Waals surface area contributed by atoms with Gasteiger partial charge in [-0.05, 0) is 74.6 Å². The quantitative estimate of drug-likeness (QED) is 0.597. The van der Waals surface area contributed by atoms with Gasteiger partial charge in [0.15, 0.2) is 0 Å². The zero-order valence-corrected chi connectivity index (χ0v) is 18.1. The summed E-state index contributed by atoms with van der Waals surface area (Å²) < 4.78 is 26.2. The minimum Gasteiger partial charge on any atom is -0.324 e. The van der Waals surface area contributed by atoms with E-state index < -0.39 is 8.87 Å². The van der Waals surface area contributed by atoms with Crippen molar-refractivity contribution < 1.29 is 8.42 Å². The number of hydrogen-bond donors (Lipinski definition) is 1. The van der Waals surface area contributed by atoms with Gasteiger partial charge in [0, 0.05) is 17.9 Å². The number of rotatable bonds is 6. The molecule has 1 aromatic carbocycles. The van der Waals surface area contributed by atoms with E-state index in [2.05, 4.69) is 38.7 Å². The first-order valence-corrected chi connectivity index (χ1v) is 12.0. The maximum Gasteiger partial charge on any atom is 0.229 e. The number of imidazole rings is 1. The Bertz CT molecular complexity index is 1110. The highest BCUT2D eigenvalue weighted by molar-refractivity contribution is 8.71. The van der Waals surface area contributed by atoms with E-state index in [9.17, 15) is 8.42 Å². The number of anilines is 2. The zero-order chi connectivity index (χ0) is 20.5. The monoisotopic (exact) mass is 417 g/mol. The van der Waals surface area contributed by atoms with Gasteiger partial charge in [-0.3, -0.25) is 0 Å². The molecule has 0 radical (unpaired) electrons. The van der Waals surface area contributed by atoms with Crippen LogP contribution < -0.4 is 5.32 Å². The van der Waals surface area contributed by atoms with Crippen molar-refractivity contribution in [3.05, 3.63) is 48.0 Å². The molecule has 28 heavy (non-hydrogen) atoms. The summed E-state index contributed by atoms with van der Waals surface area (Å²) in [6, 6.07) is 7.08. The lowest BCUT2D eigenvalue weighted by Gasteiger charge is -2.14. The third-order valence-corrected chi connectivity index (χ3v) is 7.53. The Kier molecular flexibility index (Phi) is 5.76. The predicted molar refractivity (Wildman–Crippen MR) is 114 cm³/mol. The molecule has 0 fully saturated rings. The second-order valence-corrected chi connectivity index (χ2v) is 10.7. The summed E-state index contributed by atoms with van der Waals surface area (Å²) in [7, 11) is -2.49. The van der Waals surface area contributed by atoms with Gasteiger partial charge in [-0.25, -0.2) is 23.4 Å². The molecule has 0 aliphatic rings. The van der Waals surface area contributed by atoms with E-state index in [0.29, 0.717) is 5.95 Å². The van der Waals surface area contributed by atoms with Crippen LogP contribution in [-0.2, 0) is 8.87 Å². The van der Waals surface area contributed by atoms with Gasteiger partial charge in [-0.1, -0.05) is 0 Å². The molecule has 3 rings (SSSR count). The Morgan fingerprint density at radius 1 is 1.14 bits per heavy atom. The minimum atomic E-state index is -3.32. The fourth-order valence-electron chi connectivity index (χ4n) is 3.00. The average molecular weight is 418 g/mol. The first-order chi connectivity index (χ1) is 13.2. The van der Waals surface area contributed by atoms with Gasteiger partial charge in [0.2, 0.25) is 14.8 Å². The van der Waals surface area contributed by atoms with Crippen LogP contribution >= 0.6 is 10.8 Å². The van der Waals surface area contributed by atoms with E-state index >= 15 is 0 Å². The van der Waals surface area contributed by atoms with E-state index in [1.54, 1.807) is 30.7 Å². The van der Waals surface area contributed by atoms with E-state index in [4.69, 9.17) is 0 Å². The molecule has 0 atom stereocenters. The molecule has 0 aliphatic carbocycles. The number of benzene rings is 1. The molecule has 0 amide bonds. The average Bonchev–Trinajstić information content (AvgIpc) is 3.05. The molecular formula is C19H23N5O2S2. The molecule has 0 unspecified atom stereocenters. The van der Waals surface area contributed by atoms with Crippen molar-refractivity contribution >= 4 is 31.3 Å². The number of aromatic nitrogens is 4. The number of hydrogen-bond acceptors (Lipinski definition) is 7. The number of nitrogens with one attached hydrogen (secondary N) is 1. The summed E-state index contributed by atoms with van der Waals surface area (Å²) in [6.07, 6.45) is 5.06. The minimum absolute atomic E-state index is 0.261. The smallest absolute Gasteiger partial charge is 0.229 e. The molecule has 2 aromatic heterocycles. The lowest BCUT2D eigenvalue weighted by molar-refractivity contribution is 0.587. The van der Waals surface area contributed by atoms with Crippen LogP contribution in [0.3, 0.4) is 0 Å². The first-order valence-electron chi connectivity index (χ1n) is 8.78. The normalized spacial score (nSPS) is 11.8. The van der Waals surface area contributed by atoms with Crippen LogP contribution in [0.25, 0.3) is 11.4 Å². The summed E-state index contributed by atoms with van der Waals surface area (Å²) in [4.78, 5) is 13.6. The molecule has 0 aliphatic heterocycles. The molecule has 148 valence electrons. The number of nitrogens with zero attached hydrogens (tertiary/aromatic N) is 4. The Morgan fingerprint density at radius 3 is 2.54 bits per heavy atom. The van der Waals surface area contributed by atoms with E-state index in [-0.39, 0.29) is 10.9 Å². The summed E-state index contributed by atoms with van der Waals surface area (Å²) in [5.74, 6) is 1.37. The van der Waals surface area contributed by atoms with Crippen LogP contribution in [0.5, 0.6) is 0 Å². The molecule has 0 saturated heterocycles. The summed E-state index contributed by atoms with van der Waals surface area (Å²) in [5, 5.41) is 3.18. The van der Waals surface area contributed by atoms with Crippen molar-refractivity contribution in [1.82, 2.24) is 19.5 Å². The Hall–Kier alpha value is -2.39. The molecule has 2 heterocycles. The van der Waals surface area contributed by atoms with Crippen LogP contribution in [0.4, 0.5) is 11.6 Å². The van der Waals surface area contributed by atoms with Crippen molar-refractivity contribution in [2.24, 2.45) is 0 Å². The lowest BCUT2D eigenvalue weighted by atomic mass is 10.2. The third kappa shape index (κ3) is 4.05. The highest BCUT2D eigenvalue weighted by Crippen LogP contribution is 2.28. The van der Waals surface area contributed by atoms with Gasteiger partial charge < -0.3 is 9.88 Å². The van der Waals surface area contributed by atoms with Gasteiger partial charge in [-0.2, -0.15) is 0 Å². The Labute approximate surface area is 169 Å². The highest BCUT2D eigenvalue weighted by Gasteiger charge is 2.15. The Balaban J connectivity index is 1.92. The fourth-order valence-corrected chi connectivity index (χ4v) is 4.64. The summed E-state index contributed by atoms with van der Waals surface area (Å²) in [5.41, 5.74) is 3.25. The summed E-state index contributed by atoms with van der Waals surface area (Å²) in [6.45, 7) is 8.03. The second kappa shape index (κ2) is 7.92. The molecule has 7 nitrogen and oxygen atoms in total. The Morgan fingerprint density at radius 2 is 1.89 bits per heavy atom. The SMILES string of the molecule is CSS(=O)(=O)c1ccc(Nc2nccc(-c3cnc(C)n3C(C)C)n2)c(C)c1. The maximum atomic E-state index is 12.0. The topological polar surface area (TPSA) is 89.8 Å². The zero-order valence-electron chi connectivity index (χ0n) is 16.5. The molecule has 1 N–H and O–H groups in total. The largest absolute Gasteiger partial charge is 0.324 e. The van der Waals surface area contributed by atoms with E-state index in [0.717, 1.165) is 39.3 Å². The van der Waals surface area contributed by atoms with Crippen LogP contribution in [-0.4, -0.2) is 34.2 Å². The van der Waals surface area contributed by atoms with Gasteiger partial charge in [0.25, 0.3) is 0 Å². The second-order valence-electron chi connectivity index (χ2n) is 6.64. The number of aryl methyl sites for hydroxylation is 2. The molecule has 3 aromatic rings. The van der Waals surface area contributed by atoms with Crippen LogP contribution in [0, 0.1) is 13.8 Å². The standard InChI is InChI=1S/C19H23N5O2S2/c1-12(2)24-14(4)21-11-18(24)17-8-9-20-19(23-17)22-16-7-6-15(10-13(16)3)28(25,26)27-5/h6-12H,1-5H3,(H,20,22,23). The van der Waals surface area contributed by atoms with Gasteiger partial charge in [0.1, 0.15) is 5.82 Å². The van der Waals surface area contributed by atoms with Gasteiger partial charge >= 0.3 is 0 Å². The molecular weight excluding hydrogens is 394 g/mol.